The molecule has 0 unspecified atom stereocenters. The molecule has 3 heterocycles. The molecule has 0 radical (unpaired) electrons. The summed E-state index contributed by atoms with van der Waals surface area (Å²) in [6, 6.07) is 0.184. The Kier molecular flexibility index (Phi) is 5.43. The van der Waals surface area contributed by atoms with Crippen molar-refractivity contribution in [3.63, 3.8) is 0 Å². The van der Waals surface area contributed by atoms with Gasteiger partial charge >= 0.3 is 12.1 Å². The molecule has 2 amide bonds. The topological polar surface area (TPSA) is 119 Å². The van der Waals surface area contributed by atoms with E-state index in [-0.39, 0.29) is 25.0 Å². The summed E-state index contributed by atoms with van der Waals surface area (Å²) < 4.78 is 15.2. The maximum Gasteiger partial charge on any atom is 0.410 e. The highest BCUT2D eigenvalue weighted by molar-refractivity contribution is 5.82. The first-order chi connectivity index (χ1) is 12.2. The molecule has 11 nitrogen and oxygen atoms in total. The van der Waals surface area contributed by atoms with Crippen LogP contribution in [0.2, 0.25) is 0 Å². The lowest BCUT2D eigenvalue weighted by Gasteiger charge is -2.26. The minimum absolute atomic E-state index is 0.0582. The summed E-state index contributed by atoms with van der Waals surface area (Å²) in [5, 5.41) is 2.69. The lowest BCUT2D eigenvalue weighted by Crippen LogP contribution is -2.39. The fraction of sp³-hybridized carbons (Fsp3) is 0.643. The molecule has 136 valence electrons. The van der Waals surface area contributed by atoms with Gasteiger partial charge in [0.2, 0.25) is 11.9 Å². The molecule has 0 spiro atoms. The molecule has 1 aromatic rings. The number of nitrogens with one attached hydrogen (secondary N) is 1. The van der Waals surface area contributed by atoms with Crippen molar-refractivity contribution in [1.82, 2.24) is 25.2 Å². The van der Waals surface area contributed by atoms with E-state index in [9.17, 15) is 9.59 Å². The summed E-state index contributed by atoms with van der Waals surface area (Å²) >= 11 is 0. The molecule has 1 aromatic heterocycles. The van der Waals surface area contributed by atoms with E-state index in [0.29, 0.717) is 51.2 Å². The van der Waals surface area contributed by atoms with Crippen LogP contribution in [0, 0.1) is 0 Å². The number of carbonyl (C=O) groups is 2. The molecular weight excluding hydrogens is 332 g/mol. The number of rotatable bonds is 6. The summed E-state index contributed by atoms with van der Waals surface area (Å²) in [4.78, 5) is 39.4. The average Bonchev–Trinajstić information content (AvgIpc) is 3.05. The van der Waals surface area contributed by atoms with Crippen molar-refractivity contribution in [2.45, 2.75) is 6.54 Å². The number of carbonyl (C=O) groups excluding carboxylic acids is 2. The molecule has 2 aliphatic rings. The maximum atomic E-state index is 12.0. The normalized spacial score (nSPS) is 17.4. The van der Waals surface area contributed by atoms with Gasteiger partial charge in [-0.15, -0.1) is 0 Å². The highest BCUT2D eigenvalue weighted by Crippen LogP contribution is 2.13. The van der Waals surface area contributed by atoms with Crippen molar-refractivity contribution < 1.29 is 23.8 Å². The Hall–Kier alpha value is -2.69. The molecule has 3 rings (SSSR count). The second kappa shape index (κ2) is 7.92. The van der Waals surface area contributed by atoms with Gasteiger partial charge in [0.25, 0.3) is 0 Å². The van der Waals surface area contributed by atoms with Gasteiger partial charge in [-0.2, -0.15) is 15.0 Å². The molecule has 0 bridgehead atoms. The molecule has 2 aliphatic heterocycles. The van der Waals surface area contributed by atoms with Crippen molar-refractivity contribution in [3.8, 4) is 6.01 Å². The zero-order valence-electron chi connectivity index (χ0n) is 13.9. The Bertz CT molecular complexity index is 636. The molecule has 0 saturated carbocycles. The van der Waals surface area contributed by atoms with Gasteiger partial charge in [0.15, 0.2) is 5.82 Å². The van der Waals surface area contributed by atoms with Crippen LogP contribution in [0.3, 0.4) is 0 Å². The number of ether oxygens (including phenoxy) is 3. The minimum atomic E-state index is -0.480. The largest absolute Gasteiger partial charge is 0.467 e. The number of hydrogen-bond donors (Lipinski definition) is 1. The number of cyclic esters (lactones) is 1. The first-order valence-corrected chi connectivity index (χ1v) is 7.96. The number of amides is 2. The molecule has 2 saturated heterocycles. The number of aromatic nitrogens is 3. The lowest BCUT2D eigenvalue weighted by atomic mass is 10.4. The SMILES string of the molecule is COc1nc(CNC(=O)CN2CCOC2=O)nc(N2CCOCC2)n1. The highest BCUT2D eigenvalue weighted by atomic mass is 16.6. The fourth-order valence-electron chi connectivity index (χ4n) is 2.44. The maximum absolute atomic E-state index is 12.0. The Morgan fingerprint density at radius 3 is 2.68 bits per heavy atom. The fourth-order valence-corrected chi connectivity index (χ4v) is 2.44. The van der Waals surface area contributed by atoms with Gasteiger partial charge in [0, 0.05) is 13.1 Å². The van der Waals surface area contributed by atoms with E-state index in [1.54, 1.807) is 0 Å². The Morgan fingerprint density at radius 2 is 2.00 bits per heavy atom. The van der Waals surface area contributed by atoms with Crippen molar-refractivity contribution in [2.75, 3.05) is 58.0 Å². The number of hydrogen-bond acceptors (Lipinski definition) is 9. The van der Waals surface area contributed by atoms with Gasteiger partial charge in [-0.1, -0.05) is 0 Å². The van der Waals surface area contributed by atoms with Crippen molar-refractivity contribution in [3.05, 3.63) is 5.82 Å². The molecule has 11 heteroatoms. The number of methoxy groups -OCH3 is 1. The van der Waals surface area contributed by atoms with E-state index in [1.165, 1.54) is 12.0 Å². The quantitative estimate of drug-likeness (QED) is 0.672. The van der Waals surface area contributed by atoms with E-state index >= 15 is 0 Å². The summed E-state index contributed by atoms with van der Waals surface area (Å²) in [6.45, 7) is 3.33. The number of nitrogens with zero attached hydrogens (tertiary/aromatic N) is 5. The molecule has 1 N–H and O–H groups in total. The van der Waals surface area contributed by atoms with Gasteiger partial charge in [-0.3, -0.25) is 9.69 Å². The number of morpholine rings is 1. The monoisotopic (exact) mass is 352 g/mol. The van der Waals surface area contributed by atoms with Gasteiger partial charge in [0.1, 0.15) is 13.2 Å². The van der Waals surface area contributed by atoms with Crippen molar-refractivity contribution in [1.29, 1.82) is 0 Å². The number of anilines is 1. The van der Waals surface area contributed by atoms with Gasteiger partial charge in [-0.25, -0.2) is 4.79 Å². The van der Waals surface area contributed by atoms with Crippen LogP contribution in [0.25, 0.3) is 0 Å². The first kappa shape index (κ1) is 17.1. The zero-order chi connectivity index (χ0) is 17.6. The van der Waals surface area contributed by atoms with Crippen molar-refractivity contribution >= 4 is 17.9 Å². The molecular formula is C14H20N6O5. The Morgan fingerprint density at radius 1 is 1.20 bits per heavy atom. The summed E-state index contributed by atoms with van der Waals surface area (Å²) in [6.07, 6.45) is -0.480. The van der Waals surface area contributed by atoms with Crippen LogP contribution in [0.5, 0.6) is 6.01 Å². The van der Waals surface area contributed by atoms with E-state index in [1.807, 2.05) is 4.90 Å². The third-order valence-corrected chi connectivity index (χ3v) is 3.75. The summed E-state index contributed by atoms with van der Waals surface area (Å²) in [5.74, 6) is 0.555. The van der Waals surface area contributed by atoms with Gasteiger partial charge in [-0.05, 0) is 0 Å². The van der Waals surface area contributed by atoms with Gasteiger partial charge in [0.05, 0.1) is 33.4 Å². The molecule has 25 heavy (non-hydrogen) atoms. The average molecular weight is 352 g/mol. The third kappa shape index (κ3) is 4.44. The zero-order valence-corrected chi connectivity index (χ0v) is 13.9. The third-order valence-electron chi connectivity index (χ3n) is 3.75. The first-order valence-electron chi connectivity index (χ1n) is 7.96. The second-order valence-corrected chi connectivity index (χ2v) is 5.45. The van der Waals surface area contributed by atoms with Crippen LogP contribution in [-0.2, 0) is 20.8 Å². The van der Waals surface area contributed by atoms with Crippen molar-refractivity contribution in [2.24, 2.45) is 0 Å². The van der Waals surface area contributed by atoms with E-state index in [0.717, 1.165) is 0 Å². The summed E-state index contributed by atoms with van der Waals surface area (Å²) in [7, 11) is 1.47. The van der Waals surface area contributed by atoms with E-state index in [2.05, 4.69) is 20.3 Å². The predicted molar refractivity (Wildman–Crippen MR) is 84.2 cm³/mol. The Labute approximate surface area is 144 Å². The molecule has 0 aliphatic carbocycles. The Balaban J connectivity index is 1.60. The molecule has 0 aromatic carbocycles. The van der Waals surface area contributed by atoms with Crippen LogP contribution in [0.1, 0.15) is 5.82 Å². The van der Waals surface area contributed by atoms with Crippen LogP contribution in [0.4, 0.5) is 10.7 Å². The standard InChI is InChI=1S/C14H20N6O5/c1-23-13-17-10(16-12(18-13)19-2-5-24-6-3-19)8-15-11(21)9-20-4-7-25-14(20)22/h2-9H2,1H3,(H,15,21). The summed E-state index contributed by atoms with van der Waals surface area (Å²) in [5.41, 5.74) is 0. The van der Waals surface area contributed by atoms with Crippen LogP contribution in [0.15, 0.2) is 0 Å². The predicted octanol–water partition coefficient (Wildman–Crippen LogP) is -1.21. The second-order valence-electron chi connectivity index (χ2n) is 5.45. The van der Waals surface area contributed by atoms with E-state index in [4.69, 9.17) is 14.2 Å². The lowest BCUT2D eigenvalue weighted by molar-refractivity contribution is -0.121. The minimum Gasteiger partial charge on any atom is -0.467 e. The molecule has 0 atom stereocenters. The van der Waals surface area contributed by atoms with Crippen LogP contribution < -0.4 is 15.0 Å². The van der Waals surface area contributed by atoms with E-state index < -0.39 is 6.09 Å². The van der Waals surface area contributed by atoms with Crippen LogP contribution in [-0.4, -0.2) is 85.0 Å². The smallest absolute Gasteiger partial charge is 0.410 e. The highest BCUT2D eigenvalue weighted by Gasteiger charge is 2.24. The molecule has 2 fully saturated rings. The van der Waals surface area contributed by atoms with Crippen LogP contribution >= 0.6 is 0 Å². The van der Waals surface area contributed by atoms with Gasteiger partial charge < -0.3 is 24.4 Å².